The Labute approximate surface area is 248 Å². The maximum absolute atomic E-state index is 13.2. The summed E-state index contributed by atoms with van der Waals surface area (Å²) in [6, 6.07) is 7.75. The van der Waals surface area contributed by atoms with E-state index in [1.54, 1.807) is 12.1 Å². The molecule has 4 nitrogen and oxygen atoms in total. The van der Waals surface area contributed by atoms with E-state index in [-0.39, 0.29) is 27.6 Å². The van der Waals surface area contributed by atoms with E-state index < -0.39 is 5.97 Å². The number of nitrogens with two attached hydrogens (primary N) is 1. The third-order valence-electron chi connectivity index (χ3n) is 15.4. The molecule has 41 heavy (non-hydrogen) atoms. The lowest BCUT2D eigenvalue weighted by molar-refractivity contribution is -0.239. The Morgan fingerprint density at radius 3 is 2.10 bits per heavy atom. The Balaban J connectivity index is 1.33. The normalized spacial score (nSPS) is 46.6. The van der Waals surface area contributed by atoms with E-state index in [1.807, 2.05) is 0 Å². The van der Waals surface area contributed by atoms with E-state index in [9.17, 15) is 14.7 Å². The summed E-state index contributed by atoms with van der Waals surface area (Å²) in [5, 5.41) is 9.42. The van der Waals surface area contributed by atoms with Crippen LogP contribution in [0, 0.1) is 62.6 Å². The van der Waals surface area contributed by atoms with Gasteiger partial charge in [-0.15, -0.1) is 0 Å². The molecule has 1 aromatic carbocycles. The molecule has 1 aromatic rings. The molecule has 0 bridgehead atoms. The van der Waals surface area contributed by atoms with Crippen molar-refractivity contribution >= 4 is 11.9 Å². The highest BCUT2D eigenvalue weighted by molar-refractivity contribution is 5.87. The van der Waals surface area contributed by atoms with Gasteiger partial charge in [0.25, 0.3) is 0 Å². The fourth-order valence-corrected chi connectivity index (χ4v) is 13.3. The number of benzene rings is 1. The summed E-state index contributed by atoms with van der Waals surface area (Å²) < 4.78 is 0. The van der Waals surface area contributed by atoms with Crippen LogP contribution in [0.3, 0.4) is 0 Å². The first-order chi connectivity index (χ1) is 19.1. The van der Waals surface area contributed by atoms with Crippen molar-refractivity contribution in [3.8, 4) is 0 Å². The van der Waals surface area contributed by atoms with E-state index in [0.717, 1.165) is 19.3 Å². The topological polar surface area (TPSA) is 80.4 Å². The fourth-order valence-electron chi connectivity index (χ4n) is 13.3. The highest BCUT2D eigenvalue weighted by Gasteiger charge is 2.71. The number of aromatic carboxylic acids is 1. The van der Waals surface area contributed by atoms with Crippen LogP contribution in [0.2, 0.25) is 0 Å². The predicted octanol–water partition coefficient (Wildman–Crippen LogP) is 8.69. The summed E-state index contributed by atoms with van der Waals surface area (Å²) in [6.45, 7) is 17.7. The molecule has 0 spiro atoms. The standard InChI is InChI=1S/C37H55NO3/c1-22(2)25-14-19-37(32(38)41)21-20-35(6)27(30(25)37)12-13-29-34(5)17-15-26(23-8-10-24(11-9-23)31(39)40)33(3,4)28(34)16-18-36(29,35)7/h8-11,22,25-30H,12-21H2,1-7H3,(H2,38,41)(H,39,40). The summed E-state index contributed by atoms with van der Waals surface area (Å²) in [4.78, 5) is 24.6. The second kappa shape index (κ2) is 9.33. The van der Waals surface area contributed by atoms with Crippen LogP contribution in [-0.2, 0) is 4.79 Å². The molecule has 0 saturated heterocycles. The first-order valence-electron chi connectivity index (χ1n) is 16.8. The van der Waals surface area contributed by atoms with Crippen molar-refractivity contribution in [3.05, 3.63) is 35.4 Å². The second-order valence-corrected chi connectivity index (χ2v) is 17.0. The van der Waals surface area contributed by atoms with Crippen molar-refractivity contribution in [2.45, 2.75) is 119 Å². The molecule has 5 aliphatic carbocycles. The van der Waals surface area contributed by atoms with Crippen molar-refractivity contribution < 1.29 is 14.7 Å². The molecule has 0 aromatic heterocycles. The number of rotatable bonds is 4. The molecule has 5 saturated carbocycles. The number of hydrogen-bond donors (Lipinski definition) is 2. The molecule has 1 amide bonds. The molecule has 3 N–H and O–H groups in total. The zero-order chi connectivity index (χ0) is 29.8. The highest BCUT2D eigenvalue weighted by Crippen LogP contribution is 2.78. The van der Waals surface area contributed by atoms with Crippen molar-refractivity contribution in [2.24, 2.45) is 68.3 Å². The van der Waals surface area contributed by atoms with Gasteiger partial charge in [-0.25, -0.2) is 4.79 Å². The van der Waals surface area contributed by atoms with Gasteiger partial charge in [-0.3, -0.25) is 4.79 Å². The summed E-state index contributed by atoms with van der Waals surface area (Å²) >= 11 is 0. The van der Waals surface area contributed by atoms with Crippen LogP contribution in [0.4, 0.5) is 0 Å². The molecule has 0 heterocycles. The zero-order valence-electron chi connectivity index (χ0n) is 26.8. The van der Waals surface area contributed by atoms with Crippen LogP contribution in [0.25, 0.3) is 0 Å². The first kappa shape index (κ1) is 29.2. The van der Waals surface area contributed by atoms with Gasteiger partial charge in [-0.1, -0.05) is 60.6 Å². The van der Waals surface area contributed by atoms with Gasteiger partial charge in [0.05, 0.1) is 11.0 Å². The molecular weight excluding hydrogens is 506 g/mol. The molecule has 6 rings (SSSR count). The van der Waals surface area contributed by atoms with E-state index in [1.165, 1.54) is 50.5 Å². The Morgan fingerprint density at radius 1 is 0.805 bits per heavy atom. The van der Waals surface area contributed by atoms with Crippen LogP contribution in [-0.4, -0.2) is 17.0 Å². The molecule has 10 unspecified atom stereocenters. The Hall–Kier alpha value is -1.84. The molecule has 0 aliphatic heterocycles. The van der Waals surface area contributed by atoms with Gasteiger partial charge < -0.3 is 10.8 Å². The molecule has 10 atom stereocenters. The minimum atomic E-state index is -0.851. The number of hydrogen-bond acceptors (Lipinski definition) is 2. The number of carbonyl (C=O) groups excluding carboxylic acids is 1. The maximum atomic E-state index is 13.2. The van der Waals surface area contributed by atoms with E-state index in [0.29, 0.717) is 52.4 Å². The van der Waals surface area contributed by atoms with Crippen LogP contribution >= 0.6 is 0 Å². The average molecular weight is 562 g/mol. The number of carboxylic acid groups (broad SMARTS) is 1. The second-order valence-electron chi connectivity index (χ2n) is 17.0. The number of primary amides is 1. The molecule has 5 fully saturated rings. The van der Waals surface area contributed by atoms with Gasteiger partial charge in [0.15, 0.2) is 0 Å². The van der Waals surface area contributed by atoms with E-state index >= 15 is 0 Å². The summed E-state index contributed by atoms with van der Waals surface area (Å²) in [6.07, 6.45) is 11.8. The Morgan fingerprint density at radius 2 is 1.49 bits per heavy atom. The minimum Gasteiger partial charge on any atom is -0.478 e. The van der Waals surface area contributed by atoms with Gasteiger partial charge in [0.2, 0.25) is 5.91 Å². The Kier molecular flexibility index (Phi) is 6.65. The van der Waals surface area contributed by atoms with Gasteiger partial charge >= 0.3 is 5.97 Å². The molecular formula is C37H55NO3. The zero-order valence-corrected chi connectivity index (χ0v) is 26.8. The van der Waals surface area contributed by atoms with Crippen LogP contribution in [0.15, 0.2) is 24.3 Å². The van der Waals surface area contributed by atoms with Gasteiger partial charge in [-0.05, 0) is 145 Å². The molecule has 4 heteroatoms. The van der Waals surface area contributed by atoms with Crippen molar-refractivity contribution in [1.29, 1.82) is 0 Å². The van der Waals surface area contributed by atoms with E-state index in [4.69, 9.17) is 5.73 Å². The monoisotopic (exact) mass is 561 g/mol. The minimum absolute atomic E-state index is 0.00731. The smallest absolute Gasteiger partial charge is 0.335 e. The summed E-state index contributed by atoms with van der Waals surface area (Å²) in [5.74, 6) is 3.20. The number of amides is 1. The quantitative estimate of drug-likeness (QED) is 0.386. The van der Waals surface area contributed by atoms with Crippen LogP contribution < -0.4 is 5.73 Å². The van der Waals surface area contributed by atoms with Gasteiger partial charge in [-0.2, -0.15) is 0 Å². The fraction of sp³-hybridized carbons (Fsp3) is 0.784. The number of carboxylic acids is 1. The summed E-state index contributed by atoms with van der Waals surface area (Å²) in [5.41, 5.74) is 8.67. The maximum Gasteiger partial charge on any atom is 0.335 e. The van der Waals surface area contributed by atoms with Gasteiger partial charge in [0, 0.05) is 0 Å². The largest absolute Gasteiger partial charge is 0.478 e. The predicted molar refractivity (Wildman–Crippen MR) is 164 cm³/mol. The van der Waals surface area contributed by atoms with E-state index in [2.05, 4.69) is 60.6 Å². The first-order valence-corrected chi connectivity index (χ1v) is 16.8. The average Bonchev–Trinajstić information content (AvgIpc) is 3.30. The lowest BCUT2D eigenvalue weighted by Crippen LogP contribution is -2.66. The van der Waals surface area contributed by atoms with Crippen LogP contribution in [0.5, 0.6) is 0 Å². The molecule has 5 aliphatic rings. The molecule has 0 radical (unpaired) electrons. The third kappa shape index (κ3) is 3.76. The number of fused-ring (bicyclic) bond motifs is 7. The van der Waals surface area contributed by atoms with Crippen molar-refractivity contribution in [3.63, 3.8) is 0 Å². The third-order valence-corrected chi connectivity index (χ3v) is 15.4. The SMILES string of the molecule is CC(C)C1CCC2(C(N)=O)CCC3(C)C(CCC4C5(C)CCC(c6ccc(C(=O)O)cc6)C(C)(C)C5CCC43C)C12. The Bertz CT molecular complexity index is 1220. The van der Waals surface area contributed by atoms with Crippen LogP contribution in [0.1, 0.15) is 135 Å². The summed E-state index contributed by atoms with van der Waals surface area (Å²) in [7, 11) is 0. The van der Waals surface area contributed by atoms with Gasteiger partial charge in [0.1, 0.15) is 0 Å². The number of carbonyl (C=O) groups is 2. The lowest BCUT2D eigenvalue weighted by Gasteiger charge is -2.73. The highest BCUT2D eigenvalue weighted by atomic mass is 16.4. The van der Waals surface area contributed by atoms with Crippen molar-refractivity contribution in [1.82, 2.24) is 0 Å². The lowest BCUT2D eigenvalue weighted by atomic mass is 9.31. The van der Waals surface area contributed by atoms with Crippen molar-refractivity contribution in [2.75, 3.05) is 0 Å². The molecule has 226 valence electrons.